The van der Waals surface area contributed by atoms with Gasteiger partial charge in [0.05, 0.1) is 3.79 Å². The first-order valence-corrected chi connectivity index (χ1v) is 8.35. The Morgan fingerprint density at radius 2 is 2.25 bits per heavy atom. The summed E-state index contributed by atoms with van der Waals surface area (Å²) in [5, 5.41) is 5.63. The van der Waals surface area contributed by atoms with Crippen LogP contribution < -0.4 is 10.2 Å². The molecule has 0 fully saturated rings. The highest BCUT2D eigenvalue weighted by molar-refractivity contribution is 9.11. The molecule has 0 unspecified atom stereocenters. The second kappa shape index (κ2) is 7.20. The molecule has 0 radical (unpaired) electrons. The lowest BCUT2D eigenvalue weighted by Gasteiger charge is -2.21. The van der Waals surface area contributed by atoms with Crippen molar-refractivity contribution >= 4 is 33.1 Å². The van der Waals surface area contributed by atoms with E-state index in [0.717, 1.165) is 18.9 Å². The first-order chi connectivity index (χ1) is 9.56. The van der Waals surface area contributed by atoms with Crippen LogP contribution in [0.15, 0.2) is 33.6 Å². The summed E-state index contributed by atoms with van der Waals surface area (Å²) < 4.78 is 1.17. The van der Waals surface area contributed by atoms with Crippen molar-refractivity contribution < 1.29 is 0 Å². The van der Waals surface area contributed by atoms with Crippen molar-refractivity contribution in [2.45, 2.75) is 33.0 Å². The molecular weight excluding hydrogens is 334 g/mol. The Bertz CT molecular complexity index is 554. The van der Waals surface area contributed by atoms with Gasteiger partial charge in [-0.15, -0.1) is 11.3 Å². The van der Waals surface area contributed by atoms with Crippen molar-refractivity contribution in [3.8, 4) is 0 Å². The van der Waals surface area contributed by atoms with Crippen molar-refractivity contribution in [2.75, 3.05) is 11.9 Å². The van der Waals surface area contributed by atoms with Gasteiger partial charge < -0.3 is 10.2 Å². The minimum atomic E-state index is 0.473. The van der Waals surface area contributed by atoms with Crippen LogP contribution in [0.25, 0.3) is 0 Å². The van der Waals surface area contributed by atoms with Crippen LogP contribution in [0.4, 0.5) is 5.82 Å². The van der Waals surface area contributed by atoms with Gasteiger partial charge in [-0.2, -0.15) is 0 Å². The van der Waals surface area contributed by atoms with E-state index in [2.05, 4.69) is 69.5 Å². The molecule has 0 atom stereocenters. The van der Waals surface area contributed by atoms with Crippen molar-refractivity contribution in [3.05, 3.63) is 44.7 Å². The molecule has 0 aliphatic carbocycles. The van der Waals surface area contributed by atoms with Crippen LogP contribution >= 0.6 is 27.3 Å². The van der Waals surface area contributed by atoms with E-state index >= 15 is 0 Å². The number of rotatable bonds is 6. The van der Waals surface area contributed by atoms with Crippen molar-refractivity contribution in [3.63, 3.8) is 0 Å². The first kappa shape index (κ1) is 15.5. The Morgan fingerprint density at radius 3 is 2.90 bits per heavy atom. The lowest BCUT2D eigenvalue weighted by atomic mass is 10.2. The Morgan fingerprint density at radius 1 is 1.45 bits per heavy atom. The Labute approximate surface area is 133 Å². The molecule has 0 spiro atoms. The van der Waals surface area contributed by atoms with Gasteiger partial charge in [0.15, 0.2) is 0 Å². The van der Waals surface area contributed by atoms with Crippen LogP contribution in [0, 0.1) is 0 Å². The molecule has 2 aromatic heterocycles. The molecule has 3 nitrogen and oxygen atoms in total. The second-order valence-corrected chi connectivity index (χ2v) is 7.43. The van der Waals surface area contributed by atoms with Gasteiger partial charge in [0.25, 0.3) is 0 Å². The van der Waals surface area contributed by atoms with Gasteiger partial charge in [-0.1, -0.05) is 19.9 Å². The third-order valence-electron chi connectivity index (χ3n) is 2.97. The number of hydrogen-bond acceptors (Lipinski definition) is 4. The fourth-order valence-corrected chi connectivity index (χ4v) is 3.20. The van der Waals surface area contributed by atoms with E-state index in [0.29, 0.717) is 6.04 Å². The molecule has 108 valence electrons. The molecule has 1 N–H and O–H groups in total. The molecule has 2 aromatic rings. The highest BCUT2D eigenvalue weighted by Gasteiger charge is 2.10. The molecule has 0 aromatic carbocycles. The van der Waals surface area contributed by atoms with Crippen molar-refractivity contribution in [2.24, 2.45) is 0 Å². The zero-order valence-electron chi connectivity index (χ0n) is 12.1. The van der Waals surface area contributed by atoms with E-state index in [4.69, 9.17) is 0 Å². The predicted molar refractivity (Wildman–Crippen MR) is 90.3 cm³/mol. The van der Waals surface area contributed by atoms with E-state index in [1.807, 2.05) is 12.3 Å². The quantitative estimate of drug-likeness (QED) is 0.849. The summed E-state index contributed by atoms with van der Waals surface area (Å²) in [6.45, 7) is 6.03. The molecule has 0 aliphatic rings. The fraction of sp³-hybridized carbons (Fsp3) is 0.400. The number of nitrogens with zero attached hydrogens (tertiary/aromatic N) is 2. The van der Waals surface area contributed by atoms with Gasteiger partial charge >= 0.3 is 0 Å². The van der Waals surface area contributed by atoms with Crippen LogP contribution in [0.1, 0.15) is 25.0 Å². The van der Waals surface area contributed by atoms with E-state index < -0.39 is 0 Å². The fourth-order valence-electron chi connectivity index (χ4n) is 2.00. The SMILES string of the molecule is CC(C)NCc1cccnc1N(C)Cc1csc(Br)c1. The van der Waals surface area contributed by atoms with Gasteiger partial charge in [-0.3, -0.25) is 0 Å². The largest absolute Gasteiger partial charge is 0.355 e. The smallest absolute Gasteiger partial charge is 0.133 e. The average Bonchev–Trinajstić information content (AvgIpc) is 2.82. The standard InChI is InChI=1S/C15H20BrN3S/c1-11(2)18-8-13-5-4-6-17-15(13)19(3)9-12-7-14(16)20-10-12/h4-7,10-11,18H,8-9H2,1-3H3. The van der Waals surface area contributed by atoms with Crippen molar-refractivity contribution in [1.82, 2.24) is 10.3 Å². The van der Waals surface area contributed by atoms with Crippen LogP contribution in [-0.2, 0) is 13.1 Å². The molecule has 2 rings (SSSR count). The maximum atomic E-state index is 4.54. The van der Waals surface area contributed by atoms with Gasteiger partial charge in [-0.25, -0.2) is 4.98 Å². The first-order valence-electron chi connectivity index (χ1n) is 6.67. The van der Waals surface area contributed by atoms with E-state index in [9.17, 15) is 0 Å². The highest BCUT2D eigenvalue weighted by Crippen LogP contribution is 2.24. The van der Waals surface area contributed by atoms with Crippen molar-refractivity contribution in [1.29, 1.82) is 0 Å². The highest BCUT2D eigenvalue weighted by atomic mass is 79.9. The number of pyridine rings is 1. The maximum absolute atomic E-state index is 4.54. The van der Waals surface area contributed by atoms with Crippen LogP contribution in [0.5, 0.6) is 0 Å². The molecule has 0 saturated heterocycles. The molecule has 0 aliphatic heterocycles. The summed E-state index contributed by atoms with van der Waals surface area (Å²) in [5.74, 6) is 1.04. The number of halogens is 1. The third-order valence-corrected chi connectivity index (χ3v) is 4.52. The second-order valence-electron chi connectivity index (χ2n) is 5.14. The minimum absolute atomic E-state index is 0.473. The average molecular weight is 354 g/mol. The third kappa shape index (κ3) is 4.30. The van der Waals surface area contributed by atoms with Gasteiger partial charge in [0, 0.05) is 37.9 Å². The van der Waals surface area contributed by atoms with Crippen LogP contribution in [0.3, 0.4) is 0 Å². The summed E-state index contributed by atoms with van der Waals surface area (Å²) in [7, 11) is 2.09. The summed E-state index contributed by atoms with van der Waals surface area (Å²) >= 11 is 5.23. The summed E-state index contributed by atoms with van der Waals surface area (Å²) in [6, 6.07) is 6.77. The topological polar surface area (TPSA) is 28.2 Å². The monoisotopic (exact) mass is 353 g/mol. The molecule has 0 saturated carbocycles. The predicted octanol–water partition coefficient (Wildman–Crippen LogP) is 4.04. The minimum Gasteiger partial charge on any atom is -0.355 e. The molecule has 5 heteroatoms. The van der Waals surface area contributed by atoms with E-state index in [-0.39, 0.29) is 0 Å². The lowest BCUT2D eigenvalue weighted by molar-refractivity contribution is 0.587. The van der Waals surface area contributed by atoms with Gasteiger partial charge in [0.2, 0.25) is 0 Å². The molecule has 0 bridgehead atoms. The zero-order valence-corrected chi connectivity index (χ0v) is 14.5. The van der Waals surface area contributed by atoms with Gasteiger partial charge in [-0.05, 0) is 39.0 Å². The van der Waals surface area contributed by atoms with Crippen LogP contribution in [-0.4, -0.2) is 18.1 Å². The summed E-state index contributed by atoms with van der Waals surface area (Å²) in [5.41, 5.74) is 2.54. The number of anilines is 1. The van der Waals surface area contributed by atoms with E-state index in [1.165, 1.54) is 14.9 Å². The number of hydrogen-bond donors (Lipinski definition) is 1. The normalized spacial score (nSPS) is 11.1. The zero-order chi connectivity index (χ0) is 14.5. The molecule has 2 heterocycles. The molecular formula is C15H20BrN3S. The summed E-state index contributed by atoms with van der Waals surface area (Å²) in [6.07, 6.45) is 1.86. The van der Waals surface area contributed by atoms with E-state index in [1.54, 1.807) is 11.3 Å². The molecule has 20 heavy (non-hydrogen) atoms. The van der Waals surface area contributed by atoms with Gasteiger partial charge in [0.1, 0.15) is 5.82 Å². The number of nitrogens with one attached hydrogen (secondary N) is 1. The Balaban J connectivity index is 2.10. The van der Waals surface area contributed by atoms with Crippen LogP contribution in [0.2, 0.25) is 0 Å². The number of thiophene rings is 1. The Kier molecular flexibility index (Phi) is 5.57. The summed E-state index contributed by atoms with van der Waals surface area (Å²) in [4.78, 5) is 6.74. The molecule has 0 amide bonds. The maximum Gasteiger partial charge on any atom is 0.133 e. The Hall–Kier alpha value is -0.910. The number of aromatic nitrogens is 1. The lowest BCUT2D eigenvalue weighted by Crippen LogP contribution is -2.25.